The highest BCUT2D eigenvalue weighted by Gasteiger charge is 2.08. The SMILES string of the molecule is CCC(C)C(C)NCCn1ccnn1. The largest absolute Gasteiger partial charge is 0.312 e. The zero-order valence-electron chi connectivity index (χ0n) is 9.27. The van der Waals surface area contributed by atoms with E-state index < -0.39 is 0 Å². The van der Waals surface area contributed by atoms with Gasteiger partial charge in [0.15, 0.2) is 0 Å². The molecule has 2 unspecified atom stereocenters. The van der Waals surface area contributed by atoms with Crippen LogP contribution in [0.2, 0.25) is 0 Å². The molecule has 1 rings (SSSR count). The van der Waals surface area contributed by atoms with Gasteiger partial charge in [-0.2, -0.15) is 0 Å². The van der Waals surface area contributed by atoms with Crippen LogP contribution in [0, 0.1) is 5.92 Å². The minimum absolute atomic E-state index is 0.573. The van der Waals surface area contributed by atoms with E-state index in [-0.39, 0.29) is 0 Å². The first-order chi connectivity index (χ1) is 6.74. The highest BCUT2D eigenvalue weighted by atomic mass is 15.4. The van der Waals surface area contributed by atoms with Crippen LogP contribution in [0.3, 0.4) is 0 Å². The van der Waals surface area contributed by atoms with Crippen LogP contribution < -0.4 is 5.32 Å². The van der Waals surface area contributed by atoms with E-state index in [0.29, 0.717) is 6.04 Å². The quantitative estimate of drug-likeness (QED) is 0.746. The van der Waals surface area contributed by atoms with Gasteiger partial charge in [0.2, 0.25) is 0 Å². The molecule has 1 aromatic rings. The van der Waals surface area contributed by atoms with Gasteiger partial charge in [-0.15, -0.1) is 5.10 Å². The number of aromatic nitrogens is 3. The average Bonchev–Trinajstić information content (AvgIpc) is 2.69. The van der Waals surface area contributed by atoms with Crippen LogP contribution in [0.15, 0.2) is 12.4 Å². The number of nitrogens with zero attached hydrogens (tertiary/aromatic N) is 3. The first-order valence-corrected chi connectivity index (χ1v) is 5.31. The van der Waals surface area contributed by atoms with E-state index in [0.717, 1.165) is 19.0 Å². The van der Waals surface area contributed by atoms with E-state index in [9.17, 15) is 0 Å². The lowest BCUT2D eigenvalue weighted by atomic mass is 10.0. The molecule has 0 saturated heterocycles. The van der Waals surface area contributed by atoms with Crippen molar-refractivity contribution in [1.82, 2.24) is 20.3 Å². The summed E-state index contributed by atoms with van der Waals surface area (Å²) in [7, 11) is 0. The van der Waals surface area contributed by atoms with Gasteiger partial charge < -0.3 is 5.32 Å². The lowest BCUT2D eigenvalue weighted by molar-refractivity contribution is 0.378. The van der Waals surface area contributed by atoms with E-state index in [2.05, 4.69) is 36.4 Å². The molecule has 14 heavy (non-hydrogen) atoms. The van der Waals surface area contributed by atoms with Crippen molar-refractivity contribution in [2.75, 3.05) is 6.54 Å². The maximum Gasteiger partial charge on any atom is 0.0692 e. The Morgan fingerprint density at radius 3 is 2.79 bits per heavy atom. The molecule has 0 aliphatic carbocycles. The molecule has 4 heteroatoms. The van der Waals surface area contributed by atoms with Gasteiger partial charge in [-0.25, -0.2) is 0 Å². The van der Waals surface area contributed by atoms with Crippen LogP contribution in [-0.4, -0.2) is 27.6 Å². The Kier molecular flexibility index (Phi) is 4.59. The number of rotatable bonds is 6. The zero-order chi connectivity index (χ0) is 10.4. The van der Waals surface area contributed by atoms with Gasteiger partial charge in [-0.05, 0) is 12.8 Å². The predicted octanol–water partition coefficient (Wildman–Crippen LogP) is 1.30. The normalized spacial score (nSPS) is 15.4. The van der Waals surface area contributed by atoms with Crippen molar-refractivity contribution in [3.05, 3.63) is 12.4 Å². The summed E-state index contributed by atoms with van der Waals surface area (Å²) < 4.78 is 1.84. The molecule has 0 fully saturated rings. The fraction of sp³-hybridized carbons (Fsp3) is 0.800. The van der Waals surface area contributed by atoms with Gasteiger partial charge in [-0.1, -0.05) is 25.5 Å². The van der Waals surface area contributed by atoms with E-state index in [1.165, 1.54) is 6.42 Å². The molecule has 0 saturated carbocycles. The highest BCUT2D eigenvalue weighted by molar-refractivity contribution is 4.68. The van der Waals surface area contributed by atoms with Crippen molar-refractivity contribution in [1.29, 1.82) is 0 Å². The molecule has 1 N–H and O–H groups in total. The molecule has 0 radical (unpaired) electrons. The molecule has 0 aliphatic rings. The van der Waals surface area contributed by atoms with Gasteiger partial charge in [0, 0.05) is 18.8 Å². The van der Waals surface area contributed by atoms with Gasteiger partial charge in [0.05, 0.1) is 12.7 Å². The summed E-state index contributed by atoms with van der Waals surface area (Å²) in [6.07, 6.45) is 4.81. The molecular weight excluding hydrogens is 176 g/mol. The molecule has 80 valence electrons. The number of hydrogen-bond donors (Lipinski definition) is 1. The number of hydrogen-bond acceptors (Lipinski definition) is 3. The van der Waals surface area contributed by atoms with Gasteiger partial charge in [0.1, 0.15) is 0 Å². The topological polar surface area (TPSA) is 42.7 Å². The molecule has 0 spiro atoms. The van der Waals surface area contributed by atoms with E-state index in [4.69, 9.17) is 0 Å². The van der Waals surface area contributed by atoms with Crippen LogP contribution in [0.4, 0.5) is 0 Å². The van der Waals surface area contributed by atoms with Crippen LogP contribution in [-0.2, 0) is 6.54 Å². The van der Waals surface area contributed by atoms with Crippen molar-refractivity contribution in [3.63, 3.8) is 0 Å². The van der Waals surface area contributed by atoms with Crippen LogP contribution in [0.5, 0.6) is 0 Å². The maximum atomic E-state index is 3.90. The van der Waals surface area contributed by atoms with Crippen LogP contribution in [0.1, 0.15) is 27.2 Å². The summed E-state index contributed by atoms with van der Waals surface area (Å²) in [6, 6.07) is 0.573. The van der Waals surface area contributed by atoms with E-state index in [1.807, 2.05) is 10.9 Å². The summed E-state index contributed by atoms with van der Waals surface area (Å²) in [5.41, 5.74) is 0. The smallest absolute Gasteiger partial charge is 0.0692 e. The average molecular weight is 196 g/mol. The fourth-order valence-corrected chi connectivity index (χ4v) is 1.31. The second-order valence-electron chi connectivity index (χ2n) is 3.79. The lowest BCUT2D eigenvalue weighted by Gasteiger charge is -2.19. The minimum Gasteiger partial charge on any atom is -0.312 e. The van der Waals surface area contributed by atoms with Crippen LogP contribution in [0.25, 0.3) is 0 Å². The minimum atomic E-state index is 0.573. The van der Waals surface area contributed by atoms with Crippen molar-refractivity contribution >= 4 is 0 Å². The van der Waals surface area contributed by atoms with Crippen molar-refractivity contribution in [2.24, 2.45) is 5.92 Å². The van der Waals surface area contributed by atoms with Gasteiger partial charge >= 0.3 is 0 Å². The molecule has 0 bridgehead atoms. The summed E-state index contributed by atoms with van der Waals surface area (Å²) >= 11 is 0. The van der Waals surface area contributed by atoms with E-state index >= 15 is 0 Å². The molecular formula is C10H20N4. The van der Waals surface area contributed by atoms with E-state index in [1.54, 1.807) is 6.20 Å². The van der Waals surface area contributed by atoms with Gasteiger partial charge in [0.25, 0.3) is 0 Å². The second kappa shape index (κ2) is 5.75. The third-order valence-electron chi connectivity index (χ3n) is 2.78. The Balaban J connectivity index is 2.15. The Morgan fingerprint density at radius 1 is 1.43 bits per heavy atom. The predicted molar refractivity (Wildman–Crippen MR) is 56.9 cm³/mol. The maximum absolute atomic E-state index is 3.90. The third-order valence-corrected chi connectivity index (χ3v) is 2.78. The first kappa shape index (κ1) is 11.2. The summed E-state index contributed by atoms with van der Waals surface area (Å²) in [6.45, 7) is 8.57. The fourth-order valence-electron chi connectivity index (χ4n) is 1.31. The second-order valence-corrected chi connectivity index (χ2v) is 3.79. The molecule has 1 heterocycles. The molecule has 0 aliphatic heterocycles. The summed E-state index contributed by atoms with van der Waals surface area (Å²) in [5, 5.41) is 11.1. The summed E-state index contributed by atoms with van der Waals surface area (Å²) in [4.78, 5) is 0. The van der Waals surface area contributed by atoms with Gasteiger partial charge in [-0.3, -0.25) is 4.68 Å². The van der Waals surface area contributed by atoms with Crippen molar-refractivity contribution < 1.29 is 0 Å². The lowest BCUT2D eigenvalue weighted by Crippen LogP contribution is -2.34. The molecule has 0 aromatic carbocycles. The molecule has 2 atom stereocenters. The molecule has 0 amide bonds. The monoisotopic (exact) mass is 196 g/mol. The Hall–Kier alpha value is -0.900. The summed E-state index contributed by atoms with van der Waals surface area (Å²) in [5.74, 6) is 0.728. The molecule has 1 aromatic heterocycles. The zero-order valence-corrected chi connectivity index (χ0v) is 9.27. The van der Waals surface area contributed by atoms with Crippen molar-refractivity contribution in [3.8, 4) is 0 Å². The van der Waals surface area contributed by atoms with Crippen molar-refractivity contribution in [2.45, 2.75) is 39.8 Å². The molecule has 4 nitrogen and oxygen atoms in total. The third kappa shape index (κ3) is 3.46. The van der Waals surface area contributed by atoms with Crippen LogP contribution >= 0.6 is 0 Å². The Bertz CT molecular complexity index is 232. The Morgan fingerprint density at radius 2 is 2.21 bits per heavy atom. The first-order valence-electron chi connectivity index (χ1n) is 5.31. The Labute approximate surface area is 85.7 Å². The highest BCUT2D eigenvalue weighted by Crippen LogP contribution is 2.05. The number of nitrogens with one attached hydrogen (secondary N) is 1. The standard InChI is InChI=1S/C10H20N4/c1-4-9(2)10(3)11-5-7-14-8-6-12-13-14/h6,8-11H,4-5,7H2,1-3H3.